The van der Waals surface area contributed by atoms with Crippen molar-refractivity contribution in [1.29, 1.82) is 0 Å². The third kappa shape index (κ3) is 4.97. The average molecular weight is 425 g/mol. The fourth-order valence-electron chi connectivity index (χ4n) is 3.51. The van der Waals surface area contributed by atoms with E-state index in [1.165, 1.54) is 0 Å². The number of carbonyl (C=O) groups is 2. The fourth-order valence-corrected chi connectivity index (χ4v) is 3.70. The molecular weight excluding hydrogens is 400 g/mol. The molecule has 1 N–H and O–H groups in total. The molecule has 0 saturated carbocycles. The monoisotopic (exact) mass is 424 g/mol. The van der Waals surface area contributed by atoms with Crippen LogP contribution in [0.25, 0.3) is 22.2 Å². The van der Waals surface area contributed by atoms with E-state index >= 15 is 0 Å². The summed E-state index contributed by atoms with van der Waals surface area (Å²) in [6, 6.07) is 14.8. The Morgan fingerprint density at radius 3 is 2.67 bits per heavy atom. The minimum Gasteiger partial charge on any atom is -0.452 e. The van der Waals surface area contributed by atoms with Gasteiger partial charge in [-0.3, -0.25) is 4.79 Å². The van der Waals surface area contributed by atoms with Crippen LogP contribution in [0.2, 0.25) is 5.02 Å². The largest absolute Gasteiger partial charge is 0.452 e. The zero-order chi connectivity index (χ0) is 21.7. The van der Waals surface area contributed by atoms with Crippen molar-refractivity contribution in [2.24, 2.45) is 0 Å². The van der Waals surface area contributed by atoms with Gasteiger partial charge in [-0.2, -0.15) is 0 Å². The topological polar surface area (TPSA) is 68.3 Å². The number of benzene rings is 2. The lowest BCUT2D eigenvalue weighted by Crippen LogP contribution is -2.35. The van der Waals surface area contributed by atoms with Gasteiger partial charge in [-0.25, -0.2) is 9.78 Å². The van der Waals surface area contributed by atoms with Crippen LogP contribution < -0.4 is 5.32 Å². The minimum absolute atomic E-state index is 0.0409. The Hall–Kier alpha value is -2.92. The van der Waals surface area contributed by atoms with Crippen LogP contribution in [-0.2, 0) is 9.53 Å². The molecule has 0 aliphatic rings. The van der Waals surface area contributed by atoms with Crippen LogP contribution in [0.1, 0.15) is 42.6 Å². The predicted octanol–water partition coefficient (Wildman–Crippen LogP) is 5.33. The molecule has 1 amide bonds. The molecule has 1 unspecified atom stereocenters. The van der Waals surface area contributed by atoms with Gasteiger partial charge < -0.3 is 10.1 Å². The van der Waals surface area contributed by atoms with Crippen LogP contribution in [0.4, 0.5) is 0 Å². The highest BCUT2D eigenvalue weighted by atomic mass is 35.5. The first-order valence-corrected chi connectivity index (χ1v) is 10.4. The summed E-state index contributed by atoms with van der Waals surface area (Å²) < 4.78 is 5.37. The van der Waals surface area contributed by atoms with E-state index in [2.05, 4.69) is 12.2 Å². The Kier molecular flexibility index (Phi) is 7.06. The highest BCUT2D eigenvalue weighted by molar-refractivity contribution is 6.30. The first kappa shape index (κ1) is 21.8. The van der Waals surface area contributed by atoms with Gasteiger partial charge in [0.15, 0.2) is 6.61 Å². The molecule has 2 aromatic carbocycles. The molecule has 156 valence electrons. The van der Waals surface area contributed by atoms with Gasteiger partial charge in [-0.1, -0.05) is 55.3 Å². The number of nitrogens with one attached hydrogen (secondary N) is 1. The normalized spacial score (nSPS) is 11.9. The van der Waals surface area contributed by atoms with E-state index in [0.717, 1.165) is 18.4 Å². The van der Waals surface area contributed by atoms with Crippen molar-refractivity contribution in [1.82, 2.24) is 10.3 Å². The van der Waals surface area contributed by atoms with Crippen molar-refractivity contribution < 1.29 is 14.3 Å². The summed E-state index contributed by atoms with van der Waals surface area (Å²) >= 11 is 6.15. The number of para-hydroxylation sites is 1. The number of hydrogen-bond donors (Lipinski definition) is 1. The highest BCUT2D eigenvalue weighted by Crippen LogP contribution is 2.31. The van der Waals surface area contributed by atoms with Crippen molar-refractivity contribution >= 4 is 34.4 Å². The van der Waals surface area contributed by atoms with Crippen LogP contribution in [0, 0.1) is 6.92 Å². The molecule has 0 aliphatic carbocycles. The molecular formula is C24H25ClN2O3. The van der Waals surface area contributed by atoms with Gasteiger partial charge in [0.05, 0.1) is 16.8 Å². The van der Waals surface area contributed by atoms with E-state index in [0.29, 0.717) is 32.7 Å². The molecule has 1 aromatic heterocycles. The van der Waals surface area contributed by atoms with E-state index in [1.54, 1.807) is 6.07 Å². The second-order valence-electron chi connectivity index (χ2n) is 7.32. The number of amides is 1. The van der Waals surface area contributed by atoms with Gasteiger partial charge in [0.25, 0.3) is 5.91 Å². The standard InChI is InChI=1S/C24H25ClN2O3/c1-4-8-15(2)26-21(28)14-30-24(29)22-16(3)23(17-9-7-10-18(25)13-17)27-20-12-6-5-11-19(20)22/h5-7,9-13,15H,4,8,14H2,1-3H3,(H,26,28). The number of nitrogens with zero attached hydrogens (tertiary/aromatic N) is 1. The van der Waals surface area contributed by atoms with Gasteiger partial charge >= 0.3 is 5.97 Å². The second kappa shape index (κ2) is 9.72. The van der Waals surface area contributed by atoms with Crippen LogP contribution in [0.5, 0.6) is 0 Å². The molecule has 3 aromatic rings. The molecule has 6 heteroatoms. The van der Waals surface area contributed by atoms with Gasteiger partial charge in [-0.05, 0) is 44.0 Å². The van der Waals surface area contributed by atoms with E-state index in [4.69, 9.17) is 21.3 Å². The minimum atomic E-state index is -0.548. The van der Waals surface area contributed by atoms with E-state index in [1.807, 2.05) is 56.3 Å². The molecule has 5 nitrogen and oxygen atoms in total. The summed E-state index contributed by atoms with van der Waals surface area (Å²) in [6.45, 7) is 5.49. The van der Waals surface area contributed by atoms with Crippen LogP contribution >= 0.6 is 11.6 Å². The SMILES string of the molecule is CCCC(C)NC(=O)COC(=O)c1c(C)c(-c2cccc(Cl)c2)nc2ccccc12. The van der Waals surface area contributed by atoms with Gasteiger partial charge in [-0.15, -0.1) is 0 Å². The molecule has 30 heavy (non-hydrogen) atoms. The summed E-state index contributed by atoms with van der Waals surface area (Å²) in [5, 5.41) is 4.11. The maximum atomic E-state index is 13.0. The average Bonchev–Trinajstić information content (AvgIpc) is 2.71. The zero-order valence-electron chi connectivity index (χ0n) is 17.4. The molecule has 1 heterocycles. The molecule has 1 atom stereocenters. The van der Waals surface area contributed by atoms with Crippen molar-refractivity contribution in [2.75, 3.05) is 6.61 Å². The Bertz CT molecular complexity index is 1080. The molecule has 0 aliphatic heterocycles. The number of aromatic nitrogens is 1. The lowest BCUT2D eigenvalue weighted by molar-refractivity contribution is -0.124. The van der Waals surface area contributed by atoms with E-state index in [-0.39, 0.29) is 18.6 Å². The molecule has 0 bridgehead atoms. The number of carbonyl (C=O) groups excluding carboxylic acids is 2. The van der Waals surface area contributed by atoms with Crippen LogP contribution in [0.3, 0.4) is 0 Å². The first-order valence-electron chi connectivity index (χ1n) is 10.0. The summed E-state index contributed by atoms with van der Waals surface area (Å²) in [5.74, 6) is -0.858. The quantitative estimate of drug-likeness (QED) is 0.521. The number of ether oxygens (including phenoxy) is 1. The Morgan fingerprint density at radius 1 is 1.17 bits per heavy atom. The van der Waals surface area contributed by atoms with Gasteiger partial charge in [0.1, 0.15) is 0 Å². The third-order valence-corrected chi connectivity index (χ3v) is 5.14. The molecule has 3 rings (SSSR count). The Balaban J connectivity index is 1.93. The number of halogens is 1. The lowest BCUT2D eigenvalue weighted by Gasteiger charge is -2.15. The zero-order valence-corrected chi connectivity index (χ0v) is 18.1. The number of fused-ring (bicyclic) bond motifs is 1. The van der Waals surface area contributed by atoms with Crippen molar-refractivity contribution in [3.63, 3.8) is 0 Å². The van der Waals surface area contributed by atoms with E-state index < -0.39 is 5.97 Å². The highest BCUT2D eigenvalue weighted by Gasteiger charge is 2.21. The molecule has 0 radical (unpaired) electrons. The maximum absolute atomic E-state index is 13.0. The summed E-state index contributed by atoms with van der Waals surface area (Å²) in [5.41, 5.74) is 3.23. The first-order chi connectivity index (χ1) is 14.4. The van der Waals surface area contributed by atoms with Crippen molar-refractivity contribution in [3.05, 3.63) is 64.7 Å². The molecule has 0 fully saturated rings. The predicted molar refractivity (Wildman–Crippen MR) is 120 cm³/mol. The number of esters is 1. The Labute approximate surface area is 181 Å². The molecule has 0 spiro atoms. The van der Waals surface area contributed by atoms with Crippen LogP contribution in [0.15, 0.2) is 48.5 Å². The molecule has 0 saturated heterocycles. The number of rotatable bonds is 7. The van der Waals surface area contributed by atoms with Crippen LogP contribution in [-0.4, -0.2) is 29.5 Å². The Morgan fingerprint density at radius 2 is 1.93 bits per heavy atom. The second-order valence-corrected chi connectivity index (χ2v) is 7.76. The maximum Gasteiger partial charge on any atom is 0.339 e. The number of pyridine rings is 1. The van der Waals surface area contributed by atoms with E-state index in [9.17, 15) is 9.59 Å². The summed E-state index contributed by atoms with van der Waals surface area (Å²) in [6.07, 6.45) is 1.84. The third-order valence-electron chi connectivity index (χ3n) is 4.90. The lowest BCUT2D eigenvalue weighted by atomic mass is 9.98. The van der Waals surface area contributed by atoms with Crippen molar-refractivity contribution in [2.45, 2.75) is 39.7 Å². The van der Waals surface area contributed by atoms with Gasteiger partial charge in [0.2, 0.25) is 0 Å². The number of hydrogen-bond acceptors (Lipinski definition) is 4. The smallest absolute Gasteiger partial charge is 0.339 e. The summed E-state index contributed by atoms with van der Waals surface area (Å²) in [7, 11) is 0. The van der Waals surface area contributed by atoms with Gasteiger partial charge in [0, 0.05) is 22.0 Å². The summed E-state index contributed by atoms with van der Waals surface area (Å²) in [4.78, 5) is 29.9. The fraction of sp³-hybridized carbons (Fsp3) is 0.292. The van der Waals surface area contributed by atoms with Crippen molar-refractivity contribution in [3.8, 4) is 11.3 Å².